The Morgan fingerprint density at radius 2 is 1.94 bits per heavy atom. The van der Waals surface area contributed by atoms with Crippen molar-refractivity contribution in [1.29, 1.82) is 0 Å². The second-order valence-electron chi connectivity index (χ2n) is 7.99. The number of aromatic nitrogens is 4. The van der Waals surface area contributed by atoms with Gasteiger partial charge in [0.05, 0.1) is 11.4 Å². The van der Waals surface area contributed by atoms with E-state index in [2.05, 4.69) is 38.8 Å². The summed E-state index contributed by atoms with van der Waals surface area (Å²) in [6.07, 6.45) is 4.03. The van der Waals surface area contributed by atoms with Gasteiger partial charge in [-0.15, -0.1) is 5.10 Å². The van der Waals surface area contributed by atoms with Crippen molar-refractivity contribution in [1.82, 2.24) is 19.8 Å². The van der Waals surface area contributed by atoms with Gasteiger partial charge in [-0.25, -0.2) is 4.79 Å². The third-order valence-corrected chi connectivity index (χ3v) is 5.87. The van der Waals surface area contributed by atoms with Crippen LogP contribution in [0.5, 0.6) is 0 Å². The summed E-state index contributed by atoms with van der Waals surface area (Å²) in [7, 11) is 1.57. The maximum Gasteiger partial charge on any atom is 0.368 e. The van der Waals surface area contributed by atoms with Crippen LogP contribution in [0.4, 0.5) is 0 Å². The first-order valence-electron chi connectivity index (χ1n) is 10.9. The maximum absolute atomic E-state index is 12.3. The van der Waals surface area contributed by atoms with Crippen LogP contribution in [0.3, 0.4) is 0 Å². The summed E-state index contributed by atoms with van der Waals surface area (Å²) in [4.78, 5) is 12.3. The quantitative estimate of drug-likeness (QED) is 0.339. The Morgan fingerprint density at radius 3 is 2.69 bits per heavy atom. The molecule has 3 aromatic rings. The van der Waals surface area contributed by atoms with Gasteiger partial charge in [0.1, 0.15) is 6.61 Å². The Kier molecular flexibility index (Phi) is 6.30. The van der Waals surface area contributed by atoms with E-state index in [0.29, 0.717) is 18.0 Å². The Labute approximate surface area is 187 Å². The summed E-state index contributed by atoms with van der Waals surface area (Å²) in [5.41, 5.74) is 7.06. The molecule has 1 aromatic heterocycles. The summed E-state index contributed by atoms with van der Waals surface area (Å²) in [5, 5.41) is 16.6. The standard InChI is InChI=1S/C24H28N6O2/c1-5-23(26-25-17(3)19-12-7-10-18-11-8-13-20(18)19)32-15-21-16(2)9-6-14-22(21)30-24(31)29(4)27-28-30/h6-7,9-10,12,14H,5,8,11,13,15H2,1-4H3/b25-17?,26-23-. The first-order valence-corrected chi connectivity index (χ1v) is 10.9. The monoisotopic (exact) mass is 432 g/mol. The van der Waals surface area contributed by atoms with Gasteiger partial charge in [-0.2, -0.15) is 14.5 Å². The molecule has 0 fully saturated rings. The molecule has 0 bridgehead atoms. The number of hydrogen-bond donors (Lipinski definition) is 0. The minimum absolute atomic E-state index is 0.257. The zero-order chi connectivity index (χ0) is 22.7. The van der Waals surface area contributed by atoms with Gasteiger partial charge in [0.15, 0.2) is 0 Å². The summed E-state index contributed by atoms with van der Waals surface area (Å²) >= 11 is 0. The van der Waals surface area contributed by atoms with Crippen LogP contribution in [0.2, 0.25) is 0 Å². The van der Waals surface area contributed by atoms with E-state index in [9.17, 15) is 4.79 Å². The predicted octanol–water partition coefficient (Wildman–Crippen LogP) is 3.51. The number of nitrogens with zero attached hydrogens (tertiary/aromatic N) is 6. The zero-order valence-electron chi connectivity index (χ0n) is 19.0. The summed E-state index contributed by atoms with van der Waals surface area (Å²) in [6.45, 7) is 6.21. The van der Waals surface area contributed by atoms with E-state index in [1.54, 1.807) is 7.05 Å². The maximum atomic E-state index is 12.3. The highest BCUT2D eigenvalue weighted by Gasteiger charge is 2.16. The van der Waals surface area contributed by atoms with Crippen molar-refractivity contribution >= 4 is 11.6 Å². The van der Waals surface area contributed by atoms with Gasteiger partial charge in [0, 0.05) is 24.6 Å². The Balaban J connectivity index is 1.56. The fourth-order valence-corrected chi connectivity index (χ4v) is 4.04. The fourth-order valence-electron chi connectivity index (χ4n) is 4.04. The van der Waals surface area contributed by atoms with Crippen LogP contribution in [0.25, 0.3) is 5.69 Å². The zero-order valence-corrected chi connectivity index (χ0v) is 19.0. The number of aryl methyl sites for hydroxylation is 3. The van der Waals surface area contributed by atoms with E-state index >= 15 is 0 Å². The van der Waals surface area contributed by atoms with E-state index in [-0.39, 0.29) is 12.3 Å². The van der Waals surface area contributed by atoms with Gasteiger partial charge < -0.3 is 4.74 Å². The van der Waals surface area contributed by atoms with Crippen LogP contribution >= 0.6 is 0 Å². The Morgan fingerprint density at radius 1 is 1.12 bits per heavy atom. The second-order valence-corrected chi connectivity index (χ2v) is 7.99. The van der Waals surface area contributed by atoms with E-state index in [4.69, 9.17) is 4.74 Å². The molecule has 0 unspecified atom stereocenters. The van der Waals surface area contributed by atoms with E-state index < -0.39 is 0 Å². The molecule has 8 heteroatoms. The first-order chi connectivity index (χ1) is 15.5. The molecule has 0 amide bonds. The molecule has 2 aromatic carbocycles. The van der Waals surface area contributed by atoms with Gasteiger partial charge in [-0.3, -0.25) is 0 Å². The largest absolute Gasteiger partial charge is 0.475 e. The van der Waals surface area contributed by atoms with Gasteiger partial charge in [-0.1, -0.05) is 37.3 Å². The van der Waals surface area contributed by atoms with Crippen LogP contribution in [0.1, 0.15) is 54.5 Å². The topological polar surface area (TPSA) is 86.7 Å². The molecule has 1 aliphatic carbocycles. The minimum atomic E-state index is -0.308. The SMILES string of the molecule is CC/C(=N/N=C(C)c1cccc2c1CCC2)OCc1c(C)cccc1-n1nnn(C)c1=O. The molecule has 0 saturated heterocycles. The van der Waals surface area contributed by atoms with Crippen LogP contribution < -0.4 is 5.69 Å². The highest BCUT2D eigenvalue weighted by Crippen LogP contribution is 2.25. The minimum Gasteiger partial charge on any atom is -0.475 e. The molecular weight excluding hydrogens is 404 g/mol. The van der Waals surface area contributed by atoms with Crippen molar-refractivity contribution in [3.05, 3.63) is 74.7 Å². The molecule has 0 atom stereocenters. The van der Waals surface area contributed by atoms with Gasteiger partial charge in [0.25, 0.3) is 0 Å². The normalized spacial score (nSPS) is 14.0. The van der Waals surface area contributed by atoms with Crippen LogP contribution in [-0.4, -0.2) is 31.4 Å². The van der Waals surface area contributed by atoms with Crippen LogP contribution in [0, 0.1) is 6.92 Å². The molecule has 32 heavy (non-hydrogen) atoms. The highest BCUT2D eigenvalue weighted by molar-refractivity contribution is 6.00. The number of tetrazole rings is 1. The van der Waals surface area contributed by atoms with Gasteiger partial charge in [0.2, 0.25) is 5.90 Å². The average molecular weight is 433 g/mol. The van der Waals surface area contributed by atoms with Gasteiger partial charge in [-0.05, 0) is 66.3 Å². The molecule has 1 aliphatic rings. The Bertz CT molecular complexity index is 1250. The lowest BCUT2D eigenvalue weighted by Gasteiger charge is -2.13. The molecule has 0 radical (unpaired) electrons. The molecule has 8 nitrogen and oxygen atoms in total. The van der Waals surface area contributed by atoms with Crippen molar-refractivity contribution in [2.45, 2.75) is 53.1 Å². The lowest BCUT2D eigenvalue weighted by Crippen LogP contribution is -2.23. The van der Waals surface area contributed by atoms with Crippen molar-refractivity contribution < 1.29 is 4.74 Å². The number of hydrogen-bond acceptors (Lipinski definition) is 6. The lowest BCUT2D eigenvalue weighted by atomic mass is 10.0. The summed E-state index contributed by atoms with van der Waals surface area (Å²) in [6, 6.07) is 12.1. The van der Waals surface area contributed by atoms with E-state index in [1.807, 2.05) is 39.0 Å². The molecule has 4 rings (SSSR count). The number of ether oxygens (including phenoxy) is 1. The van der Waals surface area contributed by atoms with Crippen molar-refractivity contribution in [3.63, 3.8) is 0 Å². The molecule has 0 N–H and O–H groups in total. The number of rotatable bonds is 6. The van der Waals surface area contributed by atoms with Crippen molar-refractivity contribution in [2.24, 2.45) is 17.3 Å². The fraction of sp³-hybridized carbons (Fsp3) is 0.375. The molecular formula is C24H28N6O2. The Hall–Kier alpha value is -3.55. The molecule has 0 aliphatic heterocycles. The summed E-state index contributed by atoms with van der Waals surface area (Å²) < 4.78 is 8.50. The lowest BCUT2D eigenvalue weighted by molar-refractivity contribution is 0.282. The molecule has 166 valence electrons. The summed E-state index contributed by atoms with van der Waals surface area (Å²) in [5.74, 6) is 0.539. The van der Waals surface area contributed by atoms with E-state index in [1.165, 1.54) is 32.5 Å². The van der Waals surface area contributed by atoms with Crippen LogP contribution in [-0.2, 0) is 31.2 Å². The predicted molar refractivity (Wildman–Crippen MR) is 125 cm³/mol. The van der Waals surface area contributed by atoms with Gasteiger partial charge >= 0.3 is 5.69 Å². The average Bonchev–Trinajstić information content (AvgIpc) is 3.41. The third-order valence-electron chi connectivity index (χ3n) is 5.87. The molecule has 0 saturated carbocycles. The number of benzene rings is 2. The second kappa shape index (κ2) is 9.30. The first kappa shape index (κ1) is 21.7. The molecule has 1 heterocycles. The van der Waals surface area contributed by atoms with E-state index in [0.717, 1.165) is 29.7 Å². The number of fused-ring (bicyclic) bond motifs is 1. The van der Waals surface area contributed by atoms with Crippen LogP contribution in [0.15, 0.2) is 51.4 Å². The molecule has 0 spiro atoms. The smallest absolute Gasteiger partial charge is 0.368 e. The van der Waals surface area contributed by atoms with Crippen molar-refractivity contribution in [2.75, 3.05) is 0 Å². The highest BCUT2D eigenvalue weighted by atomic mass is 16.5. The third kappa shape index (κ3) is 4.26. The van der Waals surface area contributed by atoms with Crippen molar-refractivity contribution in [3.8, 4) is 5.69 Å².